The average Bonchev–Trinajstić information content (AvgIpc) is 3.84. The molecule has 0 bridgehead atoms. The van der Waals surface area contributed by atoms with Gasteiger partial charge in [-0.1, -0.05) is 135 Å². The number of hydrogen-bond donors (Lipinski definition) is 3. The maximum atomic E-state index is 10.6. The second-order valence-electron chi connectivity index (χ2n) is 11.7. The quantitative estimate of drug-likeness (QED) is 0.126. The van der Waals surface area contributed by atoms with Gasteiger partial charge in [0.05, 0.1) is 33.8 Å². The van der Waals surface area contributed by atoms with E-state index in [4.69, 9.17) is 51.5 Å². The predicted molar refractivity (Wildman–Crippen MR) is 229 cm³/mol. The number of aromatic nitrogens is 4. The topological polar surface area (TPSA) is 94.7 Å². The number of rotatable bonds is 9. The number of aromatic amines is 2. The van der Waals surface area contributed by atoms with E-state index in [1.165, 1.54) is 0 Å². The summed E-state index contributed by atoms with van der Waals surface area (Å²) < 4.78 is 1.06. The second kappa shape index (κ2) is 18.3. The zero-order chi connectivity index (χ0) is 38.0. The van der Waals surface area contributed by atoms with Crippen LogP contribution in [0.3, 0.4) is 0 Å². The molecule has 7 aromatic rings. The Kier molecular flexibility index (Phi) is 13.0. The fraction of sp³-hybridized carbons (Fsp3) is 0. The maximum absolute atomic E-state index is 10.6. The van der Waals surface area contributed by atoms with Gasteiger partial charge in [-0.3, -0.25) is 0 Å². The highest BCUT2D eigenvalue weighted by molar-refractivity contribution is 9.10. The lowest BCUT2D eigenvalue weighted by Gasteiger charge is -2.03. The minimum Gasteiger partial charge on any atom is -0.478 e. The highest BCUT2D eigenvalue weighted by atomic mass is 79.9. The molecule has 11 heteroatoms. The molecule has 2 aromatic heterocycles. The minimum atomic E-state index is -0.961. The molecular weight excluding hydrogens is 826 g/mol. The van der Waals surface area contributed by atoms with Crippen LogP contribution in [0.1, 0.15) is 28.3 Å². The van der Waals surface area contributed by atoms with Crippen LogP contribution in [0, 0.1) is 0 Å². The van der Waals surface area contributed by atoms with Crippen LogP contribution in [0.4, 0.5) is 0 Å². The number of carboxylic acids is 1. The van der Waals surface area contributed by atoms with Crippen LogP contribution in [-0.4, -0.2) is 31.0 Å². The second-order valence-corrected chi connectivity index (χ2v) is 14.3. The van der Waals surface area contributed by atoms with E-state index in [1.54, 1.807) is 42.7 Å². The van der Waals surface area contributed by atoms with Gasteiger partial charge in [0.25, 0.3) is 0 Å². The van der Waals surface area contributed by atoms with Crippen molar-refractivity contribution in [1.29, 1.82) is 0 Å². The molecule has 3 N–H and O–H groups in total. The van der Waals surface area contributed by atoms with Gasteiger partial charge in [0, 0.05) is 31.7 Å². The van der Waals surface area contributed by atoms with Gasteiger partial charge < -0.3 is 15.1 Å². The average molecular weight is 855 g/mol. The Morgan fingerprint density at radius 1 is 0.556 bits per heavy atom. The molecule has 268 valence electrons. The molecule has 0 fully saturated rings. The molecule has 0 amide bonds. The molecular formula is C43H29BrCl4N4O2. The number of nitrogens with one attached hydrogen (secondary N) is 2. The van der Waals surface area contributed by atoms with E-state index in [9.17, 15) is 4.79 Å². The molecule has 0 unspecified atom stereocenters. The van der Waals surface area contributed by atoms with Crippen LogP contribution in [0.15, 0.2) is 132 Å². The van der Waals surface area contributed by atoms with Crippen molar-refractivity contribution in [2.45, 2.75) is 0 Å². The van der Waals surface area contributed by atoms with Crippen molar-refractivity contribution in [3.05, 3.63) is 181 Å². The molecule has 7 rings (SSSR count). The Hall–Kier alpha value is -5.15. The highest BCUT2D eigenvalue weighted by Crippen LogP contribution is 2.31. The van der Waals surface area contributed by atoms with E-state index >= 15 is 0 Å². The van der Waals surface area contributed by atoms with E-state index in [2.05, 4.69) is 35.9 Å². The van der Waals surface area contributed by atoms with Gasteiger partial charge in [0.2, 0.25) is 0 Å². The first-order valence-corrected chi connectivity index (χ1v) is 18.6. The molecule has 0 aliphatic heterocycles. The summed E-state index contributed by atoms with van der Waals surface area (Å²) in [7, 11) is 0. The summed E-state index contributed by atoms with van der Waals surface area (Å²) in [6.45, 7) is 0. The van der Waals surface area contributed by atoms with Crippen LogP contribution in [0.2, 0.25) is 20.1 Å². The number of hydrogen-bond acceptors (Lipinski definition) is 3. The number of carboxylic acid groups (broad SMARTS) is 1. The first-order valence-electron chi connectivity index (χ1n) is 16.3. The fourth-order valence-electron chi connectivity index (χ4n) is 5.20. The molecule has 54 heavy (non-hydrogen) atoms. The van der Waals surface area contributed by atoms with E-state index in [0.717, 1.165) is 72.5 Å². The molecule has 0 saturated carbocycles. The number of benzene rings is 5. The number of H-pyrrole nitrogens is 2. The SMILES string of the molecule is Clc1ccc(-c2cnc(C=Cc3ccc(Br)cc3)[nH]2)c(Cl)c1.O=C(O)C=Cc1ccc(-c2ccc(C=Cc3ncc(-c4ccc(Cl)cc4Cl)[nH]3)cc2)cc1. The Balaban J connectivity index is 0.000000197. The standard InChI is InChI=1S/C26H18Cl2N2O2.C17H11BrCl2N2/c27-21-11-12-22(23(28)15-21)24-16-29-25(30-24)13-5-17-1-7-19(8-2-17)20-9-3-18(4-10-20)6-14-26(31)32;18-12-4-1-11(2-5-12)3-8-17-21-10-16(22-17)14-7-6-13(19)9-15(14)20/h1-16H,(H,29,30)(H,31,32);1-10H,(H,21,22). The number of aliphatic carboxylic acids is 1. The van der Waals surface area contributed by atoms with Crippen molar-refractivity contribution in [1.82, 2.24) is 19.9 Å². The summed E-state index contributed by atoms with van der Waals surface area (Å²) in [5.74, 6) is 0.529. The first-order chi connectivity index (χ1) is 26.1. The molecule has 0 aliphatic carbocycles. The molecule has 0 saturated heterocycles. The fourth-order valence-corrected chi connectivity index (χ4v) is 6.48. The summed E-state index contributed by atoms with van der Waals surface area (Å²) >= 11 is 27.8. The third kappa shape index (κ3) is 10.7. The van der Waals surface area contributed by atoms with Crippen molar-refractivity contribution in [2.24, 2.45) is 0 Å². The van der Waals surface area contributed by atoms with Crippen LogP contribution in [0.25, 0.3) is 64.0 Å². The van der Waals surface area contributed by atoms with Crippen molar-refractivity contribution in [3.63, 3.8) is 0 Å². The third-order valence-electron chi connectivity index (χ3n) is 7.94. The summed E-state index contributed by atoms with van der Waals surface area (Å²) in [4.78, 5) is 25.8. The summed E-state index contributed by atoms with van der Waals surface area (Å²) in [5.41, 5.74) is 8.52. The van der Waals surface area contributed by atoms with Gasteiger partial charge in [-0.2, -0.15) is 0 Å². The van der Waals surface area contributed by atoms with Crippen LogP contribution < -0.4 is 0 Å². The smallest absolute Gasteiger partial charge is 0.328 e. The Morgan fingerprint density at radius 2 is 0.963 bits per heavy atom. The van der Waals surface area contributed by atoms with Gasteiger partial charge in [-0.05, 0) is 94.6 Å². The lowest BCUT2D eigenvalue weighted by atomic mass is 10.0. The number of nitrogens with zero attached hydrogens (tertiary/aromatic N) is 2. The van der Waals surface area contributed by atoms with Crippen LogP contribution in [0.5, 0.6) is 0 Å². The van der Waals surface area contributed by atoms with Crippen molar-refractivity contribution in [3.8, 4) is 33.6 Å². The Morgan fingerprint density at radius 3 is 1.37 bits per heavy atom. The van der Waals surface area contributed by atoms with Crippen LogP contribution in [-0.2, 0) is 4.79 Å². The van der Waals surface area contributed by atoms with Gasteiger partial charge >= 0.3 is 5.97 Å². The predicted octanol–water partition coefficient (Wildman–Crippen LogP) is 13.6. The van der Waals surface area contributed by atoms with Crippen molar-refractivity contribution >= 4 is 98.7 Å². The summed E-state index contributed by atoms with van der Waals surface area (Å²) in [6, 6.07) is 34.7. The molecule has 0 aliphatic rings. The summed E-state index contributed by atoms with van der Waals surface area (Å²) in [6.07, 6.45) is 14.0. The van der Waals surface area contributed by atoms with Gasteiger partial charge in [0.1, 0.15) is 11.6 Å². The van der Waals surface area contributed by atoms with Gasteiger partial charge in [0.15, 0.2) is 0 Å². The Bertz CT molecular complexity index is 2470. The van der Waals surface area contributed by atoms with E-state index in [0.29, 0.717) is 20.1 Å². The lowest BCUT2D eigenvalue weighted by Crippen LogP contribution is -1.85. The zero-order valence-electron chi connectivity index (χ0n) is 28.2. The molecule has 0 spiro atoms. The number of imidazole rings is 2. The van der Waals surface area contributed by atoms with Gasteiger partial charge in [-0.25, -0.2) is 14.8 Å². The van der Waals surface area contributed by atoms with E-state index in [-0.39, 0.29) is 0 Å². The monoisotopic (exact) mass is 852 g/mol. The van der Waals surface area contributed by atoms with Crippen LogP contribution >= 0.6 is 62.3 Å². The van der Waals surface area contributed by atoms with Crippen molar-refractivity contribution < 1.29 is 9.90 Å². The Labute approximate surface area is 340 Å². The third-order valence-corrected chi connectivity index (χ3v) is 9.57. The highest BCUT2D eigenvalue weighted by Gasteiger charge is 2.08. The number of halogens is 5. The van der Waals surface area contributed by atoms with Crippen molar-refractivity contribution in [2.75, 3.05) is 0 Å². The molecule has 2 heterocycles. The van der Waals surface area contributed by atoms with Gasteiger partial charge in [-0.15, -0.1) is 0 Å². The molecule has 0 atom stereocenters. The first kappa shape index (κ1) is 38.6. The molecule has 0 radical (unpaired) electrons. The van der Waals surface area contributed by atoms with E-state index < -0.39 is 5.97 Å². The maximum Gasteiger partial charge on any atom is 0.328 e. The minimum absolute atomic E-state index is 0.568. The largest absolute Gasteiger partial charge is 0.478 e. The van der Waals surface area contributed by atoms with E-state index in [1.807, 2.05) is 109 Å². The molecule has 6 nitrogen and oxygen atoms in total. The lowest BCUT2D eigenvalue weighted by molar-refractivity contribution is -0.131. The zero-order valence-corrected chi connectivity index (χ0v) is 32.8. The normalized spacial score (nSPS) is 11.4. The molecule has 5 aromatic carbocycles. The number of carbonyl (C=O) groups is 1. The summed E-state index contributed by atoms with van der Waals surface area (Å²) in [5, 5.41) is 11.1.